The summed E-state index contributed by atoms with van der Waals surface area (Å²) in [6.45, 7) is 3.40. The summed E-state index contributed by atoms with van der Waals surface area (Å²) in [5.74, 6) is -2.07. The lowest BCUT2D eigenvalue weighted by molar-refractivity contribution is -0.128. The summed E-state index contributed by atoms with van der Waals surface area (Å²) >= 11 is 12.0. The van der Waals surface area contributed by atoms with E-state index in [0.717, 1.165) is 5.56 Å². The van der Waals surface area contributed by atoms with Crippen molar-refractivity contribution in [3.8, 4) is 0 Å². The third kappa shape index (κ3) is 6.23. The molecule has 4 rings (SSSR count). The number of piperazine rings is 1. The van der Waals surface area contributed by atoms with Gasteiger partial charge in [0.05, 0.1) is 22.2 Å². The van der Waals surface area contributed by atoms with Gasteiger partial charge in [-0.05, 0) is 42.0 Å². The minimum atomic E-state index is -0.573. The van der Waals surface area contributed by atoms with Crippen LogP contribution < -0.4 is 0 Å². The topological polar surface area (TPSA) is 84.4 Å². The van der Waals surface area contributed by atoms with Gasteiger partial charge in [0.15, 0.2) is 5.76 Å². The highest BCUT2D eigenvalue weighted by Gasteiger charge is 2.35. The number of halogens is 3. The van der Waals surface area contributed by atoms with E-state index >= 15 is 0 Å². The maximum Gasteiger partial charge on any atom is 0.289 e. The molecule has 0 saturated carbocycles. The molecule has 11 heteroatoms. The van der Waals surface area contributed by atoms with Gasteiger partial charge in [0, 0.05) is 58.4 Å². The third-order valence-corrected chi connectivity index (χ3v) is 7.31. The van der Waals surface area contributed by atoms with Crippen molar-refractivity contribution in [2.75, 3.05) is 52.9 Å². The van der Waals surface area contributed by atoms with Gasteiger partial charge in [0.2, 0.25) is 0 Å². The van der Waals surface area contributed by atoms with Crippen LogP contribution in [-0.2, 0) is 16.1 Å². The van der Waals surface area contributed by atoms with E-state index in [4.69, 9.17) is 23.2 Å². The van der Waals surface area contributed by atoms with Crippen LogP contribution in [0.1, 0.15) is 15.9 Å². The molecule has 37 heavy (non-hydrogen) atoms. The number of amides is 3. The minimum absolute atomic E-state index is 0.0260. The van der Waals surface area contributed by atoms with Gasteiger partial charge in [-0.15, -0.1) is 0 Å². The average molecular weight is 549 g/mol. The van der Waals surface area contributed by atoms with E-state index in [1.165, 1.54) is 34.1 Å². The molecule has 2 aromatic rings. The molecule has 0 aliphatic carbocycles. The number of nitrogens with zero attached hydrogens (tertiary/aromatic N) is 4. The molecule has 196 valence electrons. The summed E-state index contributed by atoms with van der Waals surface area (Å²) in [6, 6.07) is 10.6. The Kier molecular flexibility index (Phi) is 8.36. The Hall–Kier alpha value is -3.14. The fourth-order valence-electron chi connectivity index (χ4n) is 4.39. The molecule has 2 heterocycles. The zero-order valence-corrected chi connectivity index (χ0v) is 21.8. The van der Waals surface area contributed by atoms with Crippen LogP contribution in [0.15, 0.2) is 53.8 Å². The number of likely N-dealkylation sites (N-methyl/N-ethyl adjacent to an activating group) is 1. The Balaban J connectivity index is 1.26. The second-order valence-electron chi connectivity index (χ2n) is 9.10. The maximum atomic E-state index is 13.1. The molecule has 0 aromatic heterocycles. The molecule has 0 unspecified atom stereocenters. The number of aliphatic hydroxyl groups is 1. The van der Waals surface area contributed by atoms with Gasteiger partial charge in [0.25, 0.3) is 17.7 Å². The van der Waals surface area contributed by atoms with E-state index in [1.807, 2.05) is 0 Å². The first-order valence-corrected chi connectivity index (χ1v) is 12.6. The predicted octanol–water partition coefficient (Wildman–Crippen LogP) is 3.20. The van der Waals surface area contributed by atoms with Crippen molar-refractivity contribution in [2.45, 2.75) is 6.54 Å². The Labute approximate surface area is 224 Å². The summed E-state index contributed by atoms with van der Waals surface area (Å²) in [5.41, 5.74) is 1.27. The van der Waals surface area contributed by atoms with Crippen LogP contribution in [0.5, 0.6) is 0 Å². The van der Waals surface area contributed by atoms with Gasteiger partial charge in [-0.1, -0.05) is 29.3 Å². The van der Waals surface area contributed by atoms with Crippen LogP contribution >= 0.6 is 23.2 Å². The van der Waals surface area contributed by atoms with E-state index < -0.39 is 17.6 Å². The monoisotopic (exact) mass is 548 g/mol. The minimum Gasteiger partial charge on any atom is -0.503 e. The van der Waals surface area contributed by atoms with Crippen molar-refractivity contribution >= 4 is 40.9 Å². The predicted molar refractivity (Wildman–Crippen MR) is 138 cm³/mol. The number of aliphatic hydroxyl groups excluding tert-OH is 1. The Morgan fingerprint density at radius 3 is 2.32 bits per heavy atom. The van der Waals surface area contributed by atoms with E-state index in [-0.39, 0.29) is 30.4 Å². The van der Waals surface area contributed by atoms with Crippen molar-refractivity contribution in [1.29, 1.82) is 0 Å². The highest BCUT2D eigenvalue weighted by atomic mass is 35.5. The molecule has 2 aliphatic rings. The quantitative estimate of drug-likeness (QED) is 0.574. The molecule has 0 atom stereocenters. The largest absolute Gasteiger partial charge is 0.503 e. The van der Waals surface area contributed by atoms with Crippen molar-refractivity contribution in [3.05, 3.63) is 80.8 Å². The molecule has 0 spiro atoms. The summed E-state index contributed by atoms with van der Waals surface area (Å²) in [5, 5.41) is 11.2. The second kappa shape index (κ2) is 11.5. The van der Waals surface area contributed by atoms with Gasteiger partial charge < -0.3 is 19.8 Å². The van der Waals surface area contributed by atoms with Crippen LogP contribution in [0, 0.1) is 5.82 Å². The highest BCUT2D eigenvalue weighted by Crippen LogP contribution is 2.24. The lowest BCUT2D eigenvalue weighted by Crippen LogP contribution is -2.50. The number of carbonyl (C=O) groups excluding carboxylic acids is 3. The van der Waals surface area contributed by atoms with Crippen molar-refractivity contribution in [2.24, 2.45) is 0 Å². The zero-order valence-electron chi connectivity index (χ0n) is 20.3. The SMILES string of the molecule is CN(Cc1ccc(Cl)c(Cl)c1)C(=O)C1=C(O)C(=O)N(CCN2CCN(C(=O)c3ccc(F)cc3)CC2)C1. The number of carbonyl (C=O) groups is 3. The first-order valence-electron chi connectivity index (χ1n) is 11.8. The number of benzene rings is 2. The normalized spacial score (nSPS) is 16.5. The molecular formula is C26H27Cl2FN4O4. The maximum absolute atomic E-state index is 13.1. The fourth-order valence-corrected chi connectivity index (χ4v) is 4.71. The molecule has 0 radical (unpaired) electrons. The molecular weight excluding hydrogens is 522 g/mol. The van der Waals surface area contributed by atoms with Gasteiger partial charge >= 0.3 is 0 Å². The van der Waals surface area contributed by atoms with Gasteiger partial charge in [-0.3, -0.25) is 19.3 Å². The van der Waals surface area contributed by atoms with E-state index in [2.05, 4.69) is 4.90 Å². The smallest absolute Gasteiger partial charge is 0.289 e. The van der Waals surface area contributed by atoms with Crippen LogP contribution in [0.2, 0.25) is 10.0 Å². The summed E-state index contributed by atoms with van der Waals surface area (Å²) in [7, 11) is 1.59. The lowest BCUT2D eigenvalue weighted by Gasteiger charge is -2.35. The molecule has 0 bridgehead atoms. The second-order valence-corrected chi connectivity index (χ2v) is 9.92. The Morgan fingerprint density at radius 1 is 1.00 bits per heavy atom. The first-order chi connectivity index (χ1) is 17.6. The summed E-state index contributed by atoms with van der Waals surface area (Å²) < 4.78 is 13.1. The number of hydrogen-bond acceptors (Lipinski definition) is 5. The van der Waals surface area contributed by atoms with Crippen molar-refractivity contribution in [3.63, 3.8) is 0 Å². The summed E-state index contributed by atoms with van der Waals surface area (Å²) in [4.78, 5) is 44.9. The number of hydrogen-bond donors (Lipinski definition) is 1. The van der Waals surface area contributed by atoms with E-state index in [9.17, 15) is 23.9 Å². The molecule has 3 amide bonds. The van der Waals surface area contributed by atoms with E-state index in [0.29, 0.717) is 54.9 Å². The molecule has 1 saturated heterocycles. The van der Waals surface area contributed by atoms with Crippen LogP contribution in [0.3, 0.4) is 0 Å². The number of rotatable bonds is 7. The molecule has 2 aliphatic heterocycles. The standard InChI is InChI=1S/C26H27Cl2FN4O4/c1-30(15-17-2-7-21(27)22(28)14-17)25(36)20-16-33(26(37)23(20)34)13-10-31-8-11-32(12-9-31)24(35)18-3-5-19(29)6-4-18/h2-7,14,34H,8-13,15-16H2,1H3. The van der Waals surface area contributed by atoms with Crippen LogP contribution in [0.4, 0.5) is 4.39 Å². The van der Waals surface area contributed by atoms with E-state index in [1.54, 1.807) is 30.1 Å². The zero-order chi connectivity index (χ0) is 26.7. The van der Waals surface area contributed by atoms with Crippen LogP contribution in [0.25, 0.3) is 0 Å². The Morgan fingerprint density at radius 2 is 1.68 bits per heavy atom. The Bertz CT molecular complexity index is 1230. The molecule has 1 N–H and O–H groups in total. The van der Waals surface area contributed by atoms with Gasteiger partial charge in [-0.2, -0.15) is 0 Å². The molecule has 8 nitrogen and oxygen atoms in total. The molecule has 2 aromatic carbocycles. The van der Waals surface area contributed by atoms with Crippen molar-refractivity contribution < 1.29 is 23.9 Å². The first kappa shape index (κ1) is 26.9. The lowest BCUT2D eigenvalue weighted by atomic mass is 10.1. The highest BCUT2D eigenvalue weighted by molar-refractivity contribution is 6.42. The summed E-state index contributed by atoms with van der Waals surface area (Å²) in [6.07, 6.45) is 0. The van der Waals surface area contributed by atoms with Gasteiger partial charge in [0.1, 0.15) is 5.82 Å². The third-order valence-electron chi connectivity index (χ3n) is 6.57. The fraction of sp³-hybridized carbons (Fsp3) is 0.346. The van der Waals surface area contributed by atoms with Crippen molar-refractivity contribution in [1.82, 2.24) is 19.6 Å². The van der Waals surface area contributed by atoms with Gasteiger partial charge in [-0.25, -0.2) is 4.39 Å². The molecule has 1 fully saturated rings. The van der Waals surface area contributed by atoms with Crippen LogP contribution in [-0.4, -0.2) is 95.3 Å². The average Bonchev–Trinajstić information content (AvgIpc) is 3.18.